The number of amides is 1. The number of carbonyl (C=O) groups excluding carboxylic acids is 1. The number of nitrogens with one attached hydrogen (secondary N) is 2. The number of aromatic amines is 1. The summed E-state index contributed by atoms with van der Waals surface area (Å²) in [4.78, 5) is 17.4. The van der Waals surface area contributed by atoms with Gasteiger partial charge in [0.05, 0.1) is 12.1 Å². The molecule has 0 aliphatic rings. The molecule has 1 aromatic heterocycles. The van der Waals surface area contributed by atoms with E-state index < -0.39 is 18.1 Å². The van der Waals surface area contributed by atoms with E-state index in [1.165, 1.54) is 0 Å². The molecule has 0 aliphatic heterocycles. The van der Waals surface area contributed by atoms with E-state index >= 15 is 0 Å². The van der Waals surface area contributed by atoms with Crippen molar-refractivity contribution < 1.29 is 9.90 Å². The minimum absolute atomic E-state index is 0.114. The second-order valence-corrected chi connectivity index (χ2v) is 10.2. The van der Waals surface area contributed by atoms with Crippen molar-refractivity contribution in [2.24, 2.45) is 11.7 Å². The Kier molecular flexibility index (Phi) is 8.51. The standard InChI is InChI=1S/C34H35N3O2/c35-29(21-25-14-6-2-7-15-25)32(38)23-28(20-24-12-4-1-5-13-24)34(39)37-33(26-16-8-3-9-17-26)31-22-27-18-10-11-19-30(27)36-31/h1-19,22,28-29,32-33,36,38H,20-21,23,35H2,(H,37,39)/t28-,29+,32+,33?/m1/s1. The molecular formula is C34H35N3O2. The fraction of sp³-hybridized carbons (Fsp3) is 0.206. The Morgan fingerprint density at radius 3 is 1.97 bits per heavy atom. The van der Waals surface area contributed by atoms with Crippen LogP contribution in [-0.2, 0) is 17.6 Å². The van der Waals surface area contributed by atoms with Gasteiger partial charge in [0, 0.05) is 23.2 Å². The van der Waals surface area contributed by atoms with E-state index in [2.05, 4.69) is 22.4 Å². The predicted molar refractivity (Wildman–Crippen MR) is 157 cm³/mol. The summed E-state index contributed by atoms with van der Waals surface area (Å²) in [6.45, 7) is 0. The molecule has 4 aromatic carbocycles. The van der Waals surface area contributed by atoms with Crippen LogP contribution in [0.5, 0.6) is 0 Å². The van der Waals surface area contributed by atoms with Gasteiger partial charge in [-0.05, 0) is 53.5 Å². The molecule has 0 fully saturated rings. The largest absolute Gasteiger partial charge is 0.391 e. The molecule has 5 aromatic rings. The van der Waals surface area contributed by atoms with Crippen LogP contribution in [0.4, 0.5) is 0 Å². The lowest BCUT2D eigenvalue weighted by atomic mass is 9.88. The van der Waals surface area contributed by atoms with E-state index in [1.807, 2.05) is 109 Å². The van der Waals surface area contributed by atoms with Crippen LogP contribution in [0, 0.1) is 5.92 Å². The zero-order chi connectivity index (χ0) is 27.0. The minimum Gasteiger partial charge on any atom is -0.391 e. The highest BCUT2D eigenvalue weighted by molar-refractivity contribution is 5.82. The number of aliphatic hydroxyl groups is 1. The molecule has 0 radical (unpaired) electrons. The molecule has 4 atom stereocenters. The number of hydrogen-bond acceptors (Lipinski definition) is 3. The molecule has 198 valence electrons. The Labute approximate surface area is 229 Å². The quantitative estimate of drug-likeness (QED) is 0.185. The maximum Gasteiger partial charge on any atom is 0.224 e. The first-order chi connectivity index (χ1) is 19.1. The molecule has 1 unspecified atom stereocenters. The molecule has 5 nitrogen and oxygen atoms in total. The number of H-pyrrole nitrogens is 1. The van der Waals surface area contributed by atoms with Crippen LogP contribution in [0.15, 0.2) is 121 Å². The van der Waals surface area contributed by atoms with E-state index in [0.717, 1.165) is 33.3 Å². The molecule has 0 bridgehead atoms. The summed E-state index contributed by atoms with van der Waals surface area (Å²) in [5.41, 5.74) is 11.5. The van der Waals surface area contributed by atoms with E-state index in [4.69, 9.17) is 5.73 Å². The van der Waals surface area contributed by atoms with Gasteiger partial charge in [0.15, 0.2) is 0 Å². The maximum atomic E-state index is 14.0. The molecule has 39 heavy (non-hydrogen) atoms. The zero-order valence-corrected chi connectivity index (χ0v) is 21.9. The first-order valence-electron chi connectivity index (χ1n) is 13.5. The molecule has 5 N–H and O–H groups in total. The summed E-state index contributed by atoms with van der Waals surface area (Å²) in [5.74, 6) is -0.572. The van der Waals surface area contributed by atoms with Crippen LogP contribution in [0.2, 0.25) is 0 Å². The Morgan fingerprint density at radius 2 is 1.33 bits per heavy atom. The number of aromatic nitrogens is 1. The van der Waals surface area contributed by atoms with Gasteiger partial charge in [0.25, 0.3) is 0 Å². The van der Waals surface area contributed by atoms with Crippen molar-refractivity contribution in [3.05, 3.63) is 144 Å². The third-order valence-corrected chi connectivity index (χ3v) is 7.31. The molecule has 1 heterocycles. The summed E-state index contributed by atoms with van der Waals surface area (Å²) in [5, 5.41) is 15.5. The number of fused-ring (bicyclic) bond motifs is 1. The molecule has 0 spiro atoms. The van der Waals surface area contributed by atoms with Crippen molar-refractivity contribution in [2.45, 2.75) is 37.5 Å². The lowest BCUT2D eigenvalue weighted by molar-refractivity contribution is -0.126. The van der Waals surface area contributed by atoms with Crippen LogP contribution in [0.1, 0.15) is 34.8 Å². The molecule has 1 amide bonds. The normalized spacial score (nSPS) is 14.4. The van der Waals surface area contributed by atoms with Gasteiger partial charge in [-0.3, -0.25) is 4.79 Å². The van der Waals surface area contributed by atoms with Gasteiger partial charge in [-0.15, -0.1) is 0 Å². The summed E-state index contributed by atoms with van der Waals surface area (Å²) >= 11 is 0. The van der Waals surface area contributed by atoms with Crippen molar-refractivity contribution in [3.8, 4) is 0 Å². The van der Waals surface area contributed by atoms with Gasteiger partial charge < -0.3 is 21.1 Å². The van der Waals surface area contributed by atoms with Gasteiger partial charge in [0.2, 0.25) is 5.91 Å². The van der Waals surface area contributed by atoms with Crippen molar-refractivity contribution >= 4 is 16.8 Å². The zero-order valence-electron chi connectivity index (χ0n) is 21.9. The second kappa shape index (κ2) is 12.6. The van der Waals surface area contributed by atoms with Crippen LogP contribution < -0.4 is 11.1 Å². The summed E-state index contributed by atoms with van der Waals surface area (Å²) in [7, 11) is 0. The average molecular weight is 518 g/mol. The Morgan fingerprint density at radius 1 is 0.769 bits per heavy atom. The third kappa shape index (κ3) is 6.82. The number of hydrogen-bond donors (Lipinski definition) is 4. The number of benzene rings is 4. The SMILES string of the molecule is N[C@@H](Cc1ccccc1)[C@@H](O)C[C@@H](Cc1ccccc1)C(=O)NC(c1ccccc1)c1cc2ccccc2[nH]1. The number of para-hydroxylation sites is 1. The average Bonchev–Trinajstić information content (AvgIpc) is 3.41. The predicted octanol–water partition coefficient (Wildman–Crippen LogP) is 5.55. The lowest BCUT2D eigenvalue weighted by Crippen LogP contribution is -2.42. The van der Waals surface area contributed by atoms with Gasteiger partial charge in [-0.2, -0.15) is 0 Å². The highest BCUT2D eigenvalue weighted by Gasteiger charge is 2.29. The van der Waals surface area contributed by atoms with Crippen molar-refractivity contribution in [1.29, 1.82) is 0 Å². The number of carbonyl (C=O) groups is 1. The number of aliphatic hydroxyl groups excluding tert-OH is 1. The van der Waals surface area contributed by atoms with Gasteiger partial charge in [-0.25, -0.2) is 0 Å². The minimum atomic E-state index is -0.826. The van der Waals surface area contributed by atoms with Gasteiger partial charge >= 0.3 is 0 Å². The molecule has 0 aliphatic carbocycles. The van der Waals surface area contributed by atoms with Crippen LogP contribution in [0.25, 0.3) is 10.9 Å². The summed E-state index contributed by atoms with van der Waals surface area (Å²) < 4.78 is 0. The molecule has 0 saturated heterocycles. The fourth-order valence-corrected chi connectivity index (χ4v) is 5.17. The molecule has 5 heteroatoms. The summed E-state index contributed by atoms with van der Waals surface area (Å²) in [6.07, 6.45) is 0.496. The first-order valence-corrected chi connectivity index (χ1v) is 13.5. The van der Waals surface area contributed by atoms with Crippen molar-refractivity contribution in [2.75, 3.05) is 0 Å². The third-order valence-electron chi connectivity index (χ3n) is 7.31. The van der Waals surface area contributed by atoms with Crippen LogP contribution in [-0.4, -0.2) is 28.1 Å². The topological polar surface area (TPSA) is 91.1 Å². The first kappa shape index (κ1) is 26.4. The van der Waals surface area contributed by atoms with E-state index in [1.54, 1.807) is 0 Å². The van der Waals surface area contributed by atoms with Crippen LogP contribution in [0.3, 0.4) is 0 Å². The molecule has 0 saturated carbocycles. The highest BCUT2D eigenvalue weighted by Crippen LogP contribution is 2.27. The lowest BCUT2D eigenvalue weighted by Gasteiger charge is -2.26. The van der Waals surface area contributed by atoms with Crippen LogP contribution >= 0.6 is 0 Å². The smallest absolute Gasteiger partial charge is 0.224 e. The monoisotopic (exact) mass is 517 g/mol. The maximum absolute atomic E-state index is 14.0. The van der Waals surface area contributed by atoms with E-state index in [9.17, 15) is 9.90 Å². The molecular weight excluding hydrogens is 482 g/mol. The molecule has 5 rings (SSSR count). The Balaban J connectivity index is 1.39. The highest BCUT2D eigenvalue weighted by atomic mass is 16.3. The Bertz CT molecular complexity index is 1430. The Hall–Kier alpha value is -4.19. The van der Waals surface area contributed by atoms with Gasteiger partial charge in [-0.1, -0.05) is 109 Å². The summed E-state index contributed by atoms with van der Waals surface area (Å²) in [6, 6.07) is 39.1. The second-order valence-electron chi connectivity index (χ2n) is 10.2. The number of nitrogens with two attached hydrogens (primary N) is 1. The van der Waals surface area contributed by atoms with Gasteiger partial charge in [0.1, 0.15) is 0 Å². The van der Waals surface area contributed by atoms with Crippen molar-refractivity contribution in [1.82, 2.24) is 10.3 Å². The number of rotatable bonds is 11. The fourth-order valence-electron chi connectivity index (χ4n) is 5.17. The van der Waals surface area contributed by atoms with E-state index in [0.29, 0.717) is 12.8 Å². The van der Waals surface area contributed by atoms with Crippen molar-refractivity contribution in [3.63, 3.8) is 0 Å². The van der Waals surface area contributed by atoms with E-state index in [-0.39, 0.29) is 18.4 Å².